The normalized spacial score (nSPS) is 23.7. The fourth-order valence-corrected chi connectivity index (χ4v) is 8.48. The molecule has 1 saturated heterocycles. The maximum Gasteiger partial charge on any atom is 0.179 e. The maximum atomic E-state index is 13.9. The molecule has 0 N–H and O–H groups in total. The average molecular weight is 621 g/mol. The number of hydrogen-bond donors (Lipinski definition) is 0. The number of rotatable bonds is 10. The minimum atomic E-state index is -3.63. The van der Waals surface area contributed by atoms with Gasteiger partial charge in [-0.25, -0.2) is 8.42 Å². The van der Waals surface area contributed by atoms with Gasteiger partial charge < -0.3 is 18.9 Å². The van der Waals surface area contributed by atoms with E-state index < -0.39 is 40.2 Å². The van der Waals surface area contributed by atoms with Crippen molar-refractivity contribution in [1.29, 1.82) is 0 Å². The van der Waals surface area contributed by atoms with Crippen LogP contribution in [0, 0.1) is 5.92 Å². The molecule has 7 heteroatoms. The molecule has 0 bridgehead atoms. The zero-order valence-electron chi connectivity index (χ0n) is 24.9. The second-order valence-electron chi connectivity index (χ2n) is 11.8. The van der Waals surface area contributed by atoms with Crippen LogP contribution in [-0.4, -0.2) is 39.1 Å². The molecule has 5 aromatic carbocycles. The zero-order chi connectivity index (χ0) is 30.6. The van der Waals surface area contributed by atoms with Crippen LogP contribution >= 0.6 is 0 Å². The molecule has 5 aromatic rings. The summed E-state index contributed by atoms with van der Waals surface area (Å²) in [5.74, 6) is -0.575. The number of ether oxygens (including phenoxy) is 4. The van der Waals surface area contributed by atoms with Gasteiger partial charge in [-0.15, -0.1) is 0 Å². The molecule has 0 aliphatic carbocycles. The summed E-state index contributed by atoms with van der Waals surface area (Å²) in [6.45, 7) is 1.33. The maximum absolute atomic E-state index is 13.9. The first-order chi connectivity index (χ1) is 22.1. The van der Waals surface area contributed by atoms with Crippen molar-refractivity contribution in [1.82, 2.24) is 0 Å². The third kappa shape index (κ3) is 6.45. The van der Waals surface area contributed by atoms with E-state index in [0.717, 1.165) is 27.5 Å². The smallest absolute Gasteiger partial charge is 0.179 e. The van der Waals surface area contributed by atoms with Crippen LogP contribution in [0.5, 0.6) is 0 Å². The summed E-state index contributed by atoms with van der Waals surface area (Å²) < 4.78 is 54.4. The van der Waals surface area contributed by atoms with Crippen LogP contribution in [0.15, 0.2) is 132 Å². The molecular weight excluding hydrogens is 584 g/mol. The lowest BCUT2D eigenvalue weighted by Gasteiger charge is -2.48. The summed E-state index contributed by atoms with van der Waals surface area (Å²) in [5.41, 5.74) is 3.78. The van der Waals surface area contributed by atoms with E-state index in [9.17, 15) is 8.42 Å². The van der Waals surface area contributed by atoms with Crippen LogP contribution in [0.2, 0.25) is 0 Å². The average Bonchev–Trinajstić information content (AvgIpc) is 3.08. The second kappa shape index (κ2) is 13.3. The van der Waals surface area contributed by atoms with Crippen LogP contribution in [0.3, 0.4) is 0 Å². The number of hydrogen-bond acceptors (Lipinski definition) is 6. The number of benzene rings is 5. The number of sulfone groups is 1. The Hall–Kier alpha value is -3.85. The monoisotopic (exact) mass is 620 g/mol. The Morgan fingerprint density at radius 1 is 0.622 bits per heavy atom. The first-order valence-corrected chi connectivity index (χ1v) is 17.0. The second-order valence-corrected chi connectivity index (χ2v) is 13.8. The fourth-order valence-electron chi connectivity index (χ4n) is 6.60. The van der Waals surface area contributed by atoms with E-state index in [2.05, 4.69) is 0 Å². The Labute approximate surface area is 264 Å². The van der Waals surface area contributed by atoms with Gasteiger partial charge in [0.05, 0.1) is 49.3 Å². The molecule has 2 aliphatic rings. The summed E-state index contributed by atoms with van der Waals surface area (Å²) >= 11 is 0. The minimum absolute atomic E-state index is 0.0920. The summed E-state index contributed by atoms with van der Waals surface area (Å²) in [7, 11) is -3.63. The topological polar surface area (TPSA) is 71.1 Å². The van der Waals surface area contributed by atoms with Gasteiger partial charge in [-0.05, 0) is 33.5 Å². The molecule has 5 atom stereocenters. The predicted molar refractivity (Wildman–Crippen MR) is 173 cm³/mol. The Balaban J connectivity index is 1.28. The van der Waals surface area contributed by atoms with Crippen LogP contribution in [0.1, 0.15) is 28.4 Å². The highest BCUT2D eigenvalue weighted by Gasteiger charge is 2.53. The van der Waals surface area contributed by atoms with Crippen LogP contribution in [0.25, 0.3) is 10.8 Å². The van der Waals surface area contributed by atoms with Gasteiger partial charge in [0, 0.05) is 11.5 Å². The molecular formula is C38H36O6S. The SMILES string of the molecule is O=S1(=O)C[C@@H]2[C@@H](OCc3ccccc3)[C@H](OCc3ccccc3)[C@@H](COCc3ccccc3)O[C@H]2c2c1ccc1ccccc21. The first-order valence-electron chi connectivity index (χ1n) is 15.4. The Morgan fingerprint density at radius 3 is 1.82 bits per heavy atom. The summed E-state index contributed by atoms with van der Waals surface area (Å²) in [6, 6.07) is 41.4. The van der Waals surface area contributed by atoms with Gasteiger partial charge in [0.2, 0.25) is 0 Å². The van der Waals surface area contributed by atoms with E-state index in [1.165, 1.54) is 0 Å². The molecule has 7 rings (SSSR count). The van der Waals surface area contributed by atoms with E-state index in [1.807, 2.05) is 121 Å². The summed E-state index contributed by atoms with van der Waals surface area (Å²) in [6.07, 6.45) is -2.16. The van der Waals surface area contributed by atoms with Crippen molar-refractivity contribution in [3.05, 3.63) is 150 Å². The van der Waals surface area contributed by atoms with Gasteiger partial charge in [0.15, 0.2) is 9.84 Å². The quantitative estimate of drug-likeness (QED) is 0.166. The minimum Gasteiger partial charge on any atom is -0.374 e. The highest BCUT2D eigenvalue weighted by atomic mass is 32.2. The Bertz CT molecular complexity index is 1830. The van der Waals surface area contributed by atoms with E-state index >= 15 is 0 Å². The zero-order valence-corrected chi connectivity index (χ0v) is 25.7. The molecule has 2 heterocycles. The van der Waals surface area contributed by atoms with Crippen molar-refractivity contribution in [2.75, 3.05) is 12.4 Å². The molecule has 0 saturated carbocycles. The molecule has 45 heavy (non-hydrogen) atoms. The molecule has 6 nitrogen and oxygen atoms in total. The fraction of sp³-hybridized carbons (Fsp3) is 0.263. The van der Waals surface area contributed by atoms with Gasteiger partial charge in [-0.2, -0.15) is 0 Å². The van der Waals surface area contributed by atoms with Gasteiger partial charge >= 0.3 is 0 Å². The number of fused-ring (bicyclic) bond motifs is 5. The Morgan fingerprint density at radius 2 is 1.18 bits per heavy atom. The van der Waals surface area contributed by atoms with Crippen molar-refractivity contribution in [2.24, 2.45) is 5.92 Å². The molecule has 0 amide bonds. The highest BCUT2D eigenvalue weighted by molar-refractivity contribution is 7.91. The van der Waals surface area contributed by atoms with E-state index in [4.69, 9.17) is 18.9 Å². The standard InChI is InChI=1S/C38H36O6S/c39-45(40)26-32-36(35-31-19-11-10-18-30(31)20-21-34(35)45)44-33(25-41-22-27-12-4-1-5-13-27)38(43-24-29-16-8-3-9-17-29)37(32)42-23-28-14-6-2-7-15-28/h1-21,32-33,36-38H,22-26H2/t32-,33+,36+,37+,38+/m0/s1. The van der Waals surface area contributed by atoms with Crippen molar-refractivity contribution in [2.45, 2.75) is 49.1 Å². The third-order valence-corrected chi connectivity index (χ3v) is 10.6. The highest BCUT2D eigenvalue weighted by Crippen LogP contribution is 2.49. The molecule has 1 fully saturated rings. The van der Waals surface area contributed by atoms with E-state index in [1.54, 1.807) is 6.07 Å². The van der Waals surface area contributed by atoms with Crippen molar-refractivity contribution in [3.63, 3.8) is 0 Å². The lowest BCUT2D eigenvalue weighted by atomic mass is 9.82. The lowest BCUT2D eigenvalue weighted by molar-refractivity contribution is -0.244. The van der Waals surface area contributed by atoms with Crippen molar-refractivity contribution in [3.8, 4) is 0 Å². The van der Waals surface area contributed by atoms with Crippen LogP contribution in [-0.2, 0) is 48.6 Å². The van der Waals surface area contributed by atoms with Crippen LogP contribution in [0.4, 0.5) is 0 Å². The van der Waals surface area contributed by atoms with Crippen LogP contribution < -0.4 is 0 Å². The molecule has 0 aromatic heterocycles. The summed E-state index contributed by atoms with van der Waals surface area (Å²) in [5, 5.41) is 1.85. The molecule has 0 spiro atoms. The molecule has 230 valence electrons. The molecule has 0 radical (unpaired) electrons. The molecule has 2 aliphatic heterocycles. The predicted octanol–water partition coefficient (Wildman–Crippen LogP) is 7.07. The summed E-state index contributed by atoms with van der Waals surface area (Å²) in [4.78, 5) is 0.330. The van der Waals surface area contributed by atoms with Gasteiger partial charge in [-0.1, -0.05) is 121 Å². The largest absolute Gasteiger partial charge is 0.374 e. The van der Waals surface area contributed by atoms with E-state index in [-0.39, 0.29) is 12.4 Å². The van der Waals surface area contributed by atoms with Gasteiger partial charge in [-0.3, -0.25) is 0 Å². The van der Waals surface area contributed by atoms with E-state index in [0.29, 0.717) is 30.3 Å². The van der Waals surface area contributed by atoms with Gasteiger partial charge in [0.25, 0.3) is 0 Å². The van der Waals surface area contributed by atoms with Gasteiger partial charge in [0.1, 0.15) is 12.2 Å². The third-order valence-electron chi connectivity index (χ3n) is 8.75. The first kappa shape index (κ1) is 29.8. The molecule has 0 unspecified atom stereocenters. The van der Waals surface area contributed by atoms with Crippen molar-refractivity contribution < 1.29 is 27.4 Å². The lowest BCUT2D eigenvalue weighted by Crippen LogP contribution is -2.57. The Kier molecular flexibility index (Phi) is 8.79. The van der Waals surface area contributed by atoms with Crippen molar-refractivity contribution >= 4 is 20.6 Å².